The van der Waals surface area contributed by atoms with Gasteiger partial charge in [0.25, 0.3) is 5.91 Å². The Balaban J connectivity index is 1.22. The standard InChI is InChI=1S/C27H34N4O4/c1-34-22-11-9-21(10-12-22)28-15-17-29(18-16-28)26(32)20-31-19-25(27(33)30-13-5-2-6-14-30)35-24-8-4-3-7-23(24)31/h3-4,7-12,25H,2,5-6,13-20H2,1H3. The number of methoxy groups -OCH3 is 1. The molecular weight excluding hydrogens is 444 g/mol. The molecule has 2 saturated heterocycles. The first kappa shape index (κ1) is 23.3. The Bertz CT molecular complexity index is 1030. The number of anilines is 2. The smallest absolute Gasteiger partial charge is 0.265 e. The maximum absolute atomic E-state index is 13.3. The lowest BCUT2D eigenvalue weighted by molar-refractivity contribution is -0.140. The summed E-state index contributed by atoms with van der Waals surface area (Å²) in [6, 6.07) is 15.7. The molecule has 0 bridgehead atoms. The Hall–Kier alpha value is -3.42. The van der Waals surface area contributed by atoms with Crippen LogP contribution in [-0.4, -0.2) is 87.2 Å². The fraction of sp³-hybridized carbons (Fsp3) is 0.481. The van der Waals surface area contributed by atoms with Gasteiger partial charge in [0.1, 0.15) is 11.5 Å². The monoisotopic (exact) mass is 478 g/mol. The second kappa shape index (κ2) is 10.5. The zero-order valence-corrected chi connectivity index (χ0v) is 20.4. The quantitative estimate of drug-likeness (QED) is 0.658. The molecule has 35 heavy (non-hydrogen) atoms. The number of carbonyl (C=O) groups excluding carboxylic acids is 2. The minimum absolute atomic E-state index is 0.0322. The molecule has 186 valence electrons. The third-order valence-electron chi connectivity index (χ3n) is 7.20. The van der Waals surface area contributed by atoms with Gasteiger partial charge in [-0.15, -0.1) is 0 Å². The predicted octanol–water partition coefficient (Wildman–Crippen LogP) is 2.62. The molecule has 8 nitrogen and oxygen atoms in total. The topological polar surface area (TPSA) is 65.6 Å². The van der Waals surface area contributed by atoms with Gasteiger partial charge in [0.2, 0.25) is 5.91 Å². The van der Waals surface area contributed by atoms with Crippen molar-refractivity contribution >= 4 is 23.2 Å². The maximum Gasteiger partial charge on any atom is 0.265 e. The highest BCUT2D eigenvalue weighted by Crippen LogP contribution is 2.33. The number of ether oxygens (including phenoxy) is 2. The first-order valence-corrected chi connectivity index (χ1v) is 12.6. The molecule has 2 fully saturated rings. The average Bonchev–Trinajstić information content (AvgIpc) is 2.93. The molecule has 0 N–H and O–H groups in total. The summed E-state index contributed by atoms with van der Waals surface area (Å²) in [5.74, 6) is 1.63. The molecule has 0 aromatic heterocycles. The predicted molar refractivity (Wildman–Crippen MR) is 135 cm³/mol. The Morgan fingerprint density at radius 1 is 0.886 bits per heavy atom. The number of likely N-dealkylation sites (tertiary alicyclic amines) is 1. The lowest BCUT2D eigenvalue weighted by Crippen LogP contribution is -2.55. The molecule has 0 saturated carbocycles. The largest absolute Gasteiger partial charge is 0.497 e. The zero-order chi connectivity index (χ0) is 24.2. The molecule has 3 aliphatic heterocycles. The van der Waals surface area contributed by atoms with Gasteiger partial charge in [-0.05, 0) is 55.7 Å². The first-order chi connectivity index (χ1) is 17.1. The number of carbonyl (C=O) groups is 2. The molecule has 1 atom stereocenters. The van der Waals surface area contributed by atoms with Gasteiger partial charge < -0.3 is 29.1 Å². The van der Waals surface area contributed by atoms with Crippen LogP contribution in [0, 0.1) is 0 Å². The van der Waals surface area contributed by atoms with Crippen molar-refractivity contribution in [2.45, 2.75) is 25.4 Å². The van der Waals surface area contributed by atoms with Crippen molar-refractivity contribution in [1.29, 1.82) is 0 Å². The molecule has 2 amide bonds. The number of benzene rings is 2. The van der Waals surface area contributed by atoms with E-state index in [2.05, 4.69) is 17.0 Å². The Morgan fingerprint density at radius 3 is 2.31 bits per heavy atom. The van der Waals surface area contributed by atoms with Crippen LogP contribution in [0.3, 0.4) is 0 Å². The van der Waals surface area contributed by atoms with Gasteiger partial charge in [0.15, 0.2) is 6.10 Å². The van der Waals surface area contributed by atoms with E-state index in [1.54, 1.807) is 7.11 Å². The summed E-state index contributed by atoms with van der Waals surface area (Å²) in [4.78, 5) is 34.6. The van der Waals surface area contributed by atoms with E-state index in [1.165, 1.54) is 6.42 Å². The van der Waals surface area contributed by atoms with Crippen molar-refractivity contribution in [1.82, 2.24) is 9.80 Å². The summed E-state index contributed by atoms with van der Waals surface area (Å²) in [7, 11) is 1.66. The molecule has 2 aromatic rings. The van der Waals surface area contributed by atoms with Crippen molar-refractivity contribution in [3.05, 3.63) is 48.5 Å². The fourth-order valence-electron chi connectivity index (χ4n) is 5.17. The number of piperazine rings is 1. The Kier molecular flexibility index (Phi) is 6.97. The maximum atomic E-state index is 13.3. The Morgan fingerprint density at radius 2 is 1.60 bits per heavy atom. The van der Waals surface area contributed by atoms with Crippen LogP contribution in [-0.2, 0) is 9.59 Å². The lowest BCUT2D eigenvalue weighted by Gasteiger charge is -2.40. The summed E-state index contributed by atoms with van der Waals surface area (Å²) >= 11 is 0. The van der Waals surface area contributed by atoms with E-state index in [0.717, 1.165) is 56.1 Å². The van der Waals surface area contributed by atoms with Crippen LogP contribution in [0.1, 0.15) is 19.3 Å². The van der Waals surface area contributed by atoms with Gasteiger partial charge >= 0.3 is 0 Å². The molecular formula is C27H34N4O4. The molecule has 3 aliphatic rings. The normalized spacial score (nSPS) is 20.2. The third kappa shape index (κ3) is 5.16. The van der Waals surface area contributed by atoms with Gasteiger partial charge in [-0.3, -0.25) is 9.59 Å². The van der Waals surface area contributed by atoms with E-state index < -0.39 is 6.10 Å². The zero-order valence-electron chi connectivity index (χ0n) is 20.4. The fourth-order valence-corrected chi connectivity index (χ4v) is 5.17. The number of hydrogen-bond acceptors (Lipinski definition) is 6. The molecule has 1 unspecified atom stereocenters. The summed E-state index contributed by atoms with van der Waals surface area (Å²) in [6.07, 6.45) is 2.67. The second-order valence-corrected chi connectivity index (χ2v) is 9.41. The van der Waals surface area contributed by atoms with E-state index in [1.807, 2.05) is 51.1 Å². The molecule has 5 rings (SSSR count). The summed E-state index contributed by atoms with van der Waals surface area (Å²) in [5, 5.41) is 0. The summed E-state index contributed by atoms with van der Waals surface area (Å²) in [6.45, 7) is 5.13. The Labute approximate surface area is 207 Å². The van der Waals surface area contributed by atoms with Crippen LogP contribution in [0.25, 0.3) is 0 Å². The SMILES string of the molecule is COc1ccc(N2CCN(C(=O)CN3CC(C(=O)N4CCCCC4)Oc4ccccc43)CC2)cc1. The number of amides is 2. The first-order valence-electron chi connectivity index (χ1n) is 12.6. The third-order valence-corrected chi connectivity index (χ3v) is 7.20. The van der Waals surface area contributed by atoms with Gasteiger partial charge in [-0.25, -0.2) is 0 Å². The number of para-hydroxylation sites is 2. The van der Waals surface area contributed by atoms with Gasteiger partial charge in [-0.2, -0.15) is 0 Å². The van der Waals surface area contributed by atoms with E-state index in [9.17, 15) is 9.59 Å². The number of fused-ring (bicyclic) bond motifs is 1. The average molecular weight is 479 g/mol. The van der Waals surface area contributed by atoms with Crippen molar-refractivity contribution in [3.8, 4) is 11.5 Å². The number of piperidine rings is 1. The van der Waals surface area contributed by atoms with Crippen LogP contribution in [0.2, 0.25) is 0 Å². The number of hydrogen-bond donors (Lipinski definition) is 0. The van der Waals surface area contributed by atoms with E-state index in [-0.39, 0.29) is 18.4 Å². The van der Waals surface area contributed by atoms with Crippen molar-refractivity contribution in [3.63, 3.8) is 0 Å². The van der Waals surface area contributed by atoms with Crippen LogP contribution in [0.4, 0.5) is 11.4 Å². The van der Waals surface area contributed by atoms with Gasteiger partial charge in [0, 0.05) is 45.0 Å². The van der Waals surface area contributed by atoms with Gasteiger partial charge in [0.05, 0.1) is 25.9 Å². The minimum Gasteiger partial charge on any atom is -0.497 e. The highest BCUT2D eigenvalue weighted by atomic mass is 16.5. The van der Waals surface area contributed by atoms with Gasteiger partial charge in [-0.1, -0.05) is 12.1 Å². The van der Waals surface area contributed by atoms with Crippen LogP contribution < -0.4 is 19.3 Å². The van der Waals surface area contributed by atoms with Crippen LogP contribution >= 0.6 is 0 Å². The highest BCUT2D eigenvalue weighted by Gasteiger charge is 2.35. The number of rotatable bonds is 5. The minimum atomic E-state index is -0.581. The van der Waals surface area contributed by atoms with Crippen molar-refractivity contribution < 1.29 is 19.1 Å². The molecule has 0 radical (unpaired) electrons. The number of nitrogens with zero attached hydrogens (tertiary/aromatic N) is 4. The lowest BCUT2D eigenvalue weighted by atomic mass is 10.1. The molecule has 3 heterocycles. The van der Waals surface area contributed by atoms with Crippen LogP contribution in [0.5, 0.6) is 11.5 Å². The van der Waals surface area contributed by atoms with E-state index in [4.69, 9.17) is 9.47 Å². The van der Waals surface area contributed by atoms with E-state index >= 15 is 0 Å². The summed E-state index contributed by atoms with van der Waals surface area (Å²) < 4.78 is 11.4. The van der Waals surface area contributed by atoms with Crippen LogP contribution in [0.15, 0.2) is 48.5 Å². The summed E-state index contributed by atoms with van der Waals surface area (Å²) in [5.41, 5.74) is 2.01. The van der Waals surface area contributed by atoms with E-state index in [0.29, 0.717) is 25.4 Å². The second-order valence-electron chi connectivity index (χ2n) is 9.41. The molecule has 8 heteroatoms. The molecule has 0 aliphatic carbocycles. The molecule has 0 spiro atoms. The van der Waals surface area contributed by atoms with Crippen molar-refractivity contribution in [2.75, 3.05) is 69.3 Å². The molecule has 2 aromatic carbocycles. The van der Waals surface area contributed by atoms with Crippen molar-refractivity contribution in [2.24, 2.45) is 0 Å². The highest BCUT2D eigenvalue weighted by molar-refractivity contribution is 5.86.